The molecule has 3 N–H and O–H groups in total. The first-order chi connectivity index (χ1) is 18.6. The van der Waals surface area contributed by atoms with Crippen molar-refractivity contribution in [1.82, 2.24) is 19.9 Å². The molecule has 38 heavy (non-hydrogen) atoms. The Morgan fingerprint density at radius 3 is 2.42 bits per heavy atom. The highest BCUT2D eigenvalue weighted by molar-refractivity contribution is 9.10. The number of hydrogen-bond donors (Lipinski definition) is 3. The van der Waals surface area contributed by atoms with Crippen LogP contribution in [0.25, 0.3) is 28.0 Å². The summed E-state index contributed by atoms with van der Waals surface area (Å²) in [4.78, 5) is 17.3. The standard InChI is InChI=1S/C29H26BrClN6O/c30-23-19-34-37-27(18-26(35-28(23)37)22-13-4-6-14-24(22)31)32-16-8-9-17-33-29(38)36-25-15-7-5-12-21(25)20-10-2-1-3-11-20/h1-7,10-15,18-19,32H,8-9,16-17H2,(H2,33,36,38). The van der Waals surface area contributed by atoms with Crippen LogP contribution >= 0.6 is 27.5 Å². The summed E-state index contributed by atoms with van der Waals surface area (Å²) in [6.07, 6.45) is 3.39. The number of halogens is 2. The molecule has 0 saturated carbocycles. The lowest BCUT2D eigenvalue weighted by Gasteiger charge is -2.13. The van der Waals surface area contributed by atoms with Gasteiger partial charge in [0.2, 0.25) is 0 Å². The fraction of sp³-hybridized carbons (Fsp3) is 0.138. The summed E-state index contributed by atoms with van der Waals surface area (Å²) in [6, 6.07) is 27.2. The van der Waals surface area contributed by atoms with Crippen molar-refractivity contribution in [2.24, 2.45) is 0 Å². The number of nitrogens with zero attached hydrogens (tertiary/aromatic N) is 3. The molecule has 3 aromatic carbocycles. The molecule has 0 unspecified atom stereocenters. The molecule has 0 atom stereocenters. The van der Waals surface area contributed by atoms with Crippen LogP contribution in [-0.4, -0.2) is 33.7 Å². The summed E-state index contributed by atoms with van der Waals surface area (Å²) < 4.78 is 2.57. The van der Waals surface area contributed by atoms with Crippen molar-refractivity contribution in [2.75, 3.05) is 23.7 Å². The molecule has 0 saturated heterocycles. The Bertz CT molecular complexity index is 1560. The van der Waals surface area contributed by atoms with Crippen LogP contribution in [0.4, 0.5) is 16.3 Å². The minimum Gasteiger partial charge on any atom is -0.370 e. The lowest BCUT2D eigenvalue weighted by atomic mass is 10.0. The number of benzene rings is 3. The maximum atomic E-state index is 12.5. The molecule has 5 aromatic rings. The van der Waals surface area contributed by atoms with Gasteiger partial charge in [-0.3, -0.25) is 0 Å². The van der Waals surface area contributed by atoms with Crippen LogP contribution in [0, 0.1) is 0 Å². The van der Waals surface area contributed by atoms with Gasteiger partial charge in [-0.1, -0.05) is 78.3 Å². The van der Waals surface area contributed by atoms with E-state index >= 15 is 0 Å². The predicted octanol–water partition coefficient (Wildman–Crippen LogP) is 7.49. The number of amides is 2. The monoisotopic (exact) mass is 588 g/mol. The van der Waals surface area contributed by atoms with E-state index in [1.807, 2.05) is 84.9 Å². The minimum atomic E-state index is -0.219. The molecular weight excluding hydrogens is 564 g/mol. The first-order valence-corrected chi connectivity index (χ1v) is 13.5. The van der Waals surface area contributed by atoms with Crippen molar-refractivity contribution < 1.29 is 4.79 Å². The van der Waals surface area contributed by atoms with Crippen molar-refractivity contribution in [3.8, 4) is 22.4 Å². The average molecular weight is 590 g/mol. The third-order valence-electron chi connectivity index (χ3n) is 6.03. The van der Waals surface area contributed by atoms with Gasteiger partial charge in [-0.05, 0) is 46.5 Å². The smallest absolute Gasteiger partial charge is 0.319 e. The highest BCUT2D eigenvalue weighted by Gasteiger charge is 2.13. The number of anilines is 2. The van der Waals surface area contributed by atoms with E-state index in [1.54, 1.807) is 10.7 Å². The second-order valence-electron chi connectivity index (χ2n) is 8.66. The zero-order valence-electron chi connectivity index (χ0n) is 20.5. The predicted molar refractivity (Wildman–Crippen MR) is 158 cm³/mol. The Morgan fingerprint density at radius 1 is 0.895 bits per heavy atom. The molecule has 0 bridgehead atoms. The number of unbranched alkanes of at least 4 members (excludes halogenated alkanes) is 1. The molecule has 0 aliphatic heterocycles. The number of rotatable bonds is 9. The first kappa shape index (κ1) is 25.8. The van der Waals surface area contributed by atoms with Gasteiger partial charge in [0, 0.05) is 35.3 Å². The van der Waals surface area contributed by atoms with Crippen LogP contribution in [0.3, 0.4) is 0 Å². The number of carbonyl (C=O) groups excluding carboxylic acids is 1. The van der Waals surface area contributed by atoms with Crippen LogP contribution in [0.2, 0.25) is 5.02 Å². The van der Waals surface area contributed by atoms with E-state index in [9.17, 15) is 4.79 Å². The zero-order chi connectivity index (χ0) is 26.3. The maximum absolute atomic E-state index is 12.5. The summed E-state index contributed by atoms with van der Waals surface area (Å²) >= 11 is 9.95. The van der Waals surface area contributed by atoms with E-state index in [-0.39, 0.29) is 6.03 Å². The van der Waals surface area contributed by atoms with Crippen molar-refractivity contribution in [2.45, 2.75) is 12.8 Å². The van der Waals surface area contributed by atoms with Gasteiger partial charge in [0.05, 0.1) is 22.1 Å². The van der Waals surface area contributed by atoms with Gasteiger partial charge in [0.25, 0.3) is 0 Å². The Hall–Kier alpha value is -3.88. The fourth-order valence-electron chi connectivity index (χ4n) is 4.17. The average Bonchev–Trinajstić information content (AvgIpc) is 3.32. The lowest BCUT2D eigenvalue weighted by Crippen LogP contribution is -2.30. The van der Waals surface area contributed by atoms with Crippen LogP contribution in [0.5, 0.6) is 0 Å². The fourth-order valence-corrected chi connectivity index (χ4v) is 4.75. The number of nitrogens with one attached hydrogen (secondary N) is 3. The molecule has 0 aliphatic carbocycles. The molecule has 2 amide bonds. The number of carbonyl (C=O) groups is 1. The molecule has 2 aromatic heterocycles. The summed E-state index contributed by atoms with van der Waals surface area (Å²) in [5, 5.41) is 14.4. The number of hydrogen-bond acceptors (Lipinski definition) is 4. The SMILES string of the molecule is O=C(NCCCCNc1cc(-c2ccccc2Cl)nc2c(Br)cnn12)Nc1ccccc1-c1ccccc1. The van der Waals surface area contributed by atoms with Crippen molar-refractivity contribution in [3.05, 3.63) is 101 Å². The Morgan fingerprint density at radius 2 is 1.61 bits per heavy atom. The van der Waals surface area contributed by atoms with Crippen molar-refractivity contribution in [3.63, 3.8) is 0 Å². The normalized spacial score (nSPS) is 10.9. The molecular formula is C29H26BrClN6O. The number of urea groups is 1. The van der Waals surface area contributed by atoms with Gasteiger partial charge in [-0.2, -0.15) is 9.61 Å². The molecule has 5 rings (SSSR count). The summed E-state index contributed by atoms with van der Waals surface area (Å²) in [7, 11) is 0. The topological polar surface area (TPSA) is 83.3 Å². The Labute approximate surface area is 234 Å². The summed E-state index contributed by atoms with van der Waals surface area (Å²) in [6.45, 7) is 1.27. The van der Waals surface area contributed by atoms with E-state index in [0.717, 1.165) is 51.2 Å². The van der Waals surface area contributed by atoms with Gasteiger partial charge in [-0.25, -0.2) is 9.78 Å². The summed E-state index contributed by atoms with van der Waals surface area (Å²) in [5.41, 5.74) is 5.15. The molecule has 9 heteroatoms. The highest BCUT2D eigenvalue weighted by Crippen LogP contribution is 2.30. The molecule has 7 nitrogen and oxygen atoms in total. The van der Waals surface area contributed by atoms with E-state index in [4.69, 9.17) is 16.6 Å². The van der Waals surface area contributed by atoms with E-state index in [2.05, 4.69) is 37.0 Å². The second-order valence-corrected chi connectivity index (χ2v) is 9.92. The highest BCUT2D eigenvalue weighted by atomic mass is 79.9. The van der Waals surface area contributed by atoms with Gasteiger partial charge >= 0.3 is 6.03 Å². The quantitative estimate of drug-likeness (QED) is 0.156. The molecule has 0 fully saturated rings. The third-order valence-corrected chi connectivity index (χ3v) is 6.92. The molecule has 0 radical (unpaired) electrons. The Balaban J connectivity index is 1.15. The van der Waals surface area contributed by atoms with Crippen LogP contribution < -0.4 is 16.0 Å². The zero-order valence-corrected chi connectivity index (χ0v) is 22.8. The Kier molecular flexibility index (Phi) is 8.21. The van der Waals surface area contributed by atoms with Crippen molar-refractivity contribution in [1.29, 1.82) is 0 Å². The molecule has 0 aliphatic rings. The molecule has 192 valence electrons. The summed E-state index contributed by atoms with van der Waals surface area (Å²) in [5.74, 6) is 0.818. The van der Waals surface area contributed by atoms with Gasteiger partial charge in [0.15, 0.2) is 5.65 Å². The van der Waals surface area contributed by atoms with E-state index in [0.29, 0.717) is 23.8 Å². The number of aromatic nitrogens is 3. The largest absolute Gasteiger partial charge is 0.370 e. The number of para-hydroxylation sites is 1. The minimum absolute atomic E-state index is 0.219. The van der Waals surface area contributed by atoms with Crippen molar-refractivity contribution >= 4 is 50.7 Å². The van der Waals surface area contributed by atoms with E-state index in [1.165, 1.54) is 0 Å². The first-order valence-electron chi connectivity index (χ1n) is 12.3. The van der Waals surface area contributed by atoms with Gasteiger partial charge < -0.3 is 16.0 Å². The van der Waals surface area contributed by atoms with Crippen LogP contribution in [-0.2, 0) is 0 Å². The van der Waals surface area contributed by atoms with Gasteiger partial charge in [-0.15, -0.1) is 0 Å². The van der Waals surface area contributed by atoms with E-state index < -0.39 is 0 Å². The number of fused-ring (bicyclic) bond motifs is 1. The third kappa shape index (κ3) is 5.98. The molecule has 2 heterocycles. The van der Waals surface area contributed by atoms with Crippen LogP contribution in [0.15, 0.2) is 95.6 Å². The lowest BCUT2D eigenvalue weighted by molar-refractivity contribution is 0.252. The maximum Gasteiger partial charge on any atom is 0.319 e. The second kappa shape index (κ2) is 12.1. The van der Waals surface area contributed by atoms with Gasteiger partial charge in [0.1, 0.15) is 5.82 Å². The molecule has 0 spiro atoms. The van der Waals surface area contributed by atoms with Crippen LogP contribution in [0.1, 0.15) is 12.8 Å².